The van der Waals surface area contributed by atoms with Gasteiger partial charge in [-0.1, -0.05) is 19.3 Å². The second-order valence-electron chi connectivity index (χ2n) is 4.40. The van der Waals surface area contributed by atoms with Crippen LogP contribution < -0.4 is 5.32 Å². The van der Waals surface area contributed by atoms with Crippen molar-refractivity contribution >= 4 is 11.6 Å². The number of ether oxygens (including phenoxy) is 1. The molecular formula is C11H22ClNO. The van der Waals surface area contributed by atoms with Gasteiger partial charge in [0.1, 0.15) is 0 Å². The van der Waals surface area contributed by atoms with Crippen molar-refractivity contribution in [2.45, 2.75) is 50.7 Å². The van der Waals surface area contributed by atoms with Crippen LogP contribution in [0.25, 0.3) is 0 Å². The highest BCUT2D eigenvalue weighted by Crippen LogP contribution is 2.29. The number of halogens is 1. The van der Waals surface area contributed by atoms with Gasteiger partial charge in [0, 0.05) is 25.1 Å². The molecule has 1 N–H and O–H groups in total. The van der Waals surface area contributed by atoms with Gasteiger partial charge in [-0.25, -0.2) is 0 Å². The topological polar surface area (TPSA) is 21.3 Å². The molecule has 1 fully saturated rings. The second kappa shape index (κ2) is 5.94. The Bertz CT molecular complexity index is 157. The van der Waals surface area contributed by atoms with Crippen molar-refractivity contribution in [2.24, 2.45) is 0 Å². The van der Waals surface area contributed by atoms with Crippen LogP contribution in [0.1, 0.15) is 39.0 Å². The first-order valence-electron chi connectivity index (χ1n) is 5.56. The van der Waals surface area contributed by atoms with Crippen LogP contribution in [0.5, 0.6) is 0 Å². The zero-order chi connectivity index (χ0) is 10.4. The first-order chi connectivity index (χ1) is 6.72. The maximum atomic E-state index is 6.06. The Labute approximate surface area is 92.3 Å². The van der Waals surface area contributed by atoms with Gasteiger partial charge in [0.25, 0.3) is 0 Å². The molecule has 0 aromatic carbocycles. The van der Waals surface area contributed by atoms with E-state index in [0.29, 0.717) is 0 Å². The molecular weight excluding hydrogens is 198 g/mol. The molecule has 0 heterocycles. The van der Waals surface area contributed by atoms with Crippen LogP contribution in [0.2, 0.25) is 0 Å². The van der Waals surface area contributed by atoms with E-state index in [2.05, 4.69) is 12.2 Å². The van der Waals surface area contributed by atoms with E-state index >= 15 is 0 Å². The maximum Gasteiger partial charge on any atom is 0.0667 e. The lowest BCUT2D eigenvalue weighted by Crippen LogP contribution is -2.50. The number of alkyl halides is 1. The average molecular weight is 220 g/mol. The van der Waals surface area contributed by atoms with Gasteiger partial charge in [0.15, 0.2) is 0 Å². The molecule has 0 amide bonds. The molecule has 1 aliphatic carbocycles. The number of rotatable bonds is 5. The van der Waals surface area contributed by atoms with E-state index in [0.717, 1.165) is 12.4 Å². The summed E-state index contributed by atoms with van der Waals surface area (Å²) in [5.74, 6) is 0.726. The summed E-state index contributed by atoms with van der Waals surface area (Å²) in [6.45, 7) is 2.99. The van der Waals surface area contributed by atoms with Crippen LogP contribution in [0.15, 0.2) is 0 Å². The minimum Gasteiger partial charge on any atom is -0.380 e. The fourth-order valence-corrected chi connectivity index (χ4v) is 2.39. The zero-order valence-electron chi connectivity index (χ0n) is 9.31. The van der Waals surface area contributed by atoms with E-state index in [1.54, 1.807) is 7.11 Å². The number of hydrogen-bond donors (Lipinski definition) is 1. The lowest BCUT2D eigenvalue weighted by Gasteiger charge is -2.37. The van der Waals surface area contributed by atoms with E-state index in [4.69, 9.17) is 16.3 Å². The molecule has 2 nitrogen and oxygen atoms in total. The molecule has 0 aromatic rings. The van der Waals surface area contributed by atoms with Crippen molar-refractivity contribution < 1.29 is 4.74 Å². The lowest BCUT2D eigenvalue weighted by molar-refractivity contribution is 0.103. The van der Waals surface area contributed by atoms with Gasteiger partial charge in [-0.05, 0) is 19.8 Å². The summed E-state index contributed by atoms with van der Waals surface area (Å²) in [6.07, 6.45) is 6.68. The Hall–Kier alpha value is 0.210. The minimum absolute atomic E-state index is 0.187. The average Bonchev–Trinajstić information content (AvgIpc) is 2.27. The number of hydrogen-bond acceptors (Lipinski definition) is 2. The summed E-state index contributed by atoms with van der Waals surface area (Å²) in [4.78, 5) is 0. The van der Waals surface area contributed by atoms with Crippen LogP contribution in [0.3, 0.4) is 0 Å². The van der Waals surface area contributed by atoms with Crippen molar-refractivity contribution in [3.05, 3.63) is 0 Å². The Kier molecular flexibility index (Phi) is 5.21. The predicted molar refractivity (Wildman–Crippen MR) is 61.0 cm³/mol. The van der Waals surface area contributed by atoms with Crippen molar-refractivity contribution in [1.29, 1.82) is 0 Å². The van der Waals surface area contributed by atoms with Gasteiger partial charge in [-0.3, -0.25) is 0 Å². The van der Waals surface area contributed by atoms with E-state index in [9.17, 15) is 0 Å². The fourth-order valence-electron chi connectivity index (χ4n) is 2.03. The van der Waals surface area contributed by atoms with Crippen LogP contribution in [0, 0.1) is 0 Å². The van der Waals surface area contributed by atoms with Crippen LogP contribution in [-0.4, -0.2) is 31.2 Å². The summed E-state index contributed by atoms with van der Waals surface area (Å²) in [6, 6.07) is 0. The smallest absolute Gasteiger partial charge is 0.0667 e. The fraction of sp³-hybridized carbons (Fsp3) is 1.00. The number of nitrogens with one attached hydrogen (secondary N) is 1. The second-order valence-corrected chi connectivity index (χ2v) is 4.67. The van der Waals surface area contributed by atoms with Crippen LogP contribution in [0.4, 0.5) is 0 Å². The molecule has 0 aromatic heterocycles. The molecule has 0 bridgehead atoms. The van der Waals surface area contributed by atoms with Crippen molar-refractivity contribution in [1.82, 2.24) is 5.32 Å². The highest BCUT2D eigenvalue weighted by molar-refractivity contribution is 6.18. The number of methoxy groups -OCH3 is 1. The lowest BCUT2D eigenvalue weighted by atomic mass is 9.83. The van der Waals surface area contributed by atoms with E-state index in [-0.39, 0.29) is 11.6 Å². The third-order valence-corrected chi connectivity index (χ3v) is 3.74. The van der Waals surface area contributed by atoms with E-state index in [1.807, 2.05) is 0 Å². The van der Waals surface area contributed by atoms with Gasteiger partial charge in [0.2, 0.25) is 0 Å². The van der Waals surface area contributed by atoms with Gasteiger partial charge < -0.3 is 10.1 Å². The van der Waals surface area contributed by atoms with E-state index < -0.39 is 0 Å². The van der Waals surface area contributed by atoms with Crippen molar-refractivity contribution in [3.63, 3.8) is 0 Å². The quantitative estimate of drug-likeness (QED) is 0.718. The summed E-state index contributed by atoms with van der Waals surface area (Å²) < 4.78 is 5.23. The molecule has 1 saturated carbocycles. The van der Waals surface area contributed by atoms with Crippen LogP contribution >= 0.6 is 11.6 Å². The Morgan fingerprint density at radius 3 is 2.50 bits per heavy atom. The summed E-state index contributed by atoms with van der Waals surface area (Å²) in [5.41, 5.74) is 0.187. The summed E-state index contributed by atoms with van der Waals surface area (Å²) >= 11 is 6.06. The Morgan fingerprint density at radius 2 is 2.00 bits per heavy atom. The molecule has 3 heteroatoms. The molecule has 1 aliphatic rings. The minimum atomic E-state index is 0.187. The monoisotopic (exact) mass is 219 g/mol. The summed E-state index contributed by atoms with van der Waals surface area (Å²) in [7, 11) is 1.75. The van der Waals surface area contributed by atoms with Crippen molar-refractivity contribution in [2.75, 3.05) is 19.5 Å². The van der Waals surface area contributed by atoms with Gasteiger partial charge in [-0.15, -0.1) is 11.6 Å². The Balaban J connectivity index is 2.36. The molecule has 0 spiro atoms. The molecule has 1 atom stereocenters. The molecule has 84 valence electrons. The standard InChI is InChI=1S/C11H22ClNO/c1-10(14-2)8-13-11(9-12)6-4-3-5-7-11/h10,13H,3-9H2,1-2H3. The van der Waals surface area contributed by atoms with Gasteiger partial charge >= 0.3 is 0 Å². The molecule has 1 rings (SSSR count). The van der Waals surface area contributed by atoms with Gasteiger partial charge in [-0.2, -0.15) is 0 Å². The normalized spacial score (nSPS) is 23.4. The predicted octanol–water partition coefficient (Wildman–Crippen LogP) is 2.55. The van der Waals surface area contributed by atoms with Crippen molar-refractivity contribution in [3.8, 4) is 0 Å². The molecule has 14 heavy (non-hydrogen) atoms. The summed E-state index contributed by atoms with van der Waals surface area (Å²) in [5, 5.41) is 3.58. The molecule has 1 unspecified atom stereocenters. The largest absolute Gasteiger partial charge is 0.380 e. The first-order valence-corrected chi connectivity index (χ1v) is 6.10. The zero-order valence-corrected chi connectivity index (χ0v) is 10.1. The maximum absolute atomic E-state index is 6.06. The van der Waals surface area contributed by atoms with Crippen LogP contribution in [-0.2, 0) is 4.74 Å². The SMILES string of the molecule is COC(C)CNC1(CCl)CCCCC1. The van der Waals surface area contributed by atoms with E-state index in [1.165, 1.54) is 32.1 Å². The third-order valence-electron chi connectivity index (χ3n) is 3.23. The first kappa shape index (κ1) is 12.3. The molecule has 0 aliphatic heterocycles. The Morgan fingerprint density at radius 1 is 1.36 bits per heavy atom. The highest BCUT2D eigenvalue weighted by Gasteiger charge is 2.30. The molecule has 0 saturated heterocycles. The van der Waals surface area contributed by atoms with Gasteiger partial charge in [0.05, 0.1) is 6.10 Å². The molecule has 0 radical (unpaired) electrons. The highest BCUT2D eigenvalue weighted by atomic mass is 35.5. The third kappa shape index (κ3) is 3.41.